The highest BCUT2D eigenvalue weighted by Crippen LogP contribution is 2.30. The molecule has 0 spiro atoms. The topological polar surface area (TPSA) is 12.0 Å². The van der Waals surface area contributed by atoms with Gasteiger partial charge in [0.1, 0.15) is 5.82 Å². The van der Waals surface area contributed by atoms with E-state index in [1.807, 2.05) is 20.9 Å². The monoisotopic (exact) mass is 335 g/mol. The summed E-state index contributed by atoms with van der Waals surface area (Å²) in [7, 11) is 1.93. The highest BCUT2D eigenvalue weighted by molar-refractivity contribution is 9.10. The molecular weight excluding hydrogens is 317 g/mol. The Labute approximate surface area is 128 Å². The SMILES string of the molecule is CNC(c1ccc(C)c(Br)c1)c1c(C)cc(F)cc1C. The minimum absolute atomic E-state index is 0.0625. The molecule has 0 saturated heterocycles. The predicted octanol–water partition coefficient (Wildman–Crippen LogP) is 4.82. The first kappa shape index (κ1) is 15.2. The highest BCUT2D eigenvalue weighted by Gasteiger charge is 2.18. The Morgan fingerprint density at radius 2 is 1.60 bits per heavy atom. The molecule has 0 fully saturated rings. The Kier molecular flexibility index (Phi) is 4.61. The van der Waals surface area contributed by atoms with Gasteiger partial charge in [-0.2, -0.15) is 0 Å². The average molecular weight is 336 g/mol. The van der Waals surface area contributed by atoms with Crippen LogP contribution in [0.3, 0.4) is 0 Å². The zero-order valence-electron chi connectivity index (χ0n) is 12.2. The van der Waals surface area contributed by atoms with Gasteiger partial charge < -0.3 is 5.32 Å². The number of nitrogens with one attached hydrogen (secondary N) is 1. The van der Waals surface area contributed by atoms with E-state index in [4.69, 9.17) is 0 Å². The number of rotatable bonds is 3. The van der Waals surface area contributed by atoms with Crippen molar-refractivity contribution in [1.82, 2.24) is 5.32 Å². The van der Waals surface area contributed by atoms with Crippen molar-refractivity contribution in [3.05, 3.63) is 68.4 Å². The molecule has 106 valence electrons. The predicted molar refractivity (Wildman–Crippen MR) is 85.7 cm³/mol. The average Bonchev–Trinajstić information content (AvgIpc) is 2.37. The molecule has 1 N–H and O–H groups in total. The lowest BCUT2D eigenvalue weighted by atomic mass is 9.91. The van der Waals surface area contributed by atoms with Gasteiger partial charge in [-0.25, -0.2) is 4.39 Å². The smallest absolute Gasteiger partial charge is 0.123 e. The van der Waals surface area contributed by atoms with Crippen LogP contribution < -0.4 is 5.32 Å². The van der Waals surface area contributed by atoms with E-state index >= 15 is 0 Å². The fraction of sp³-hybridized carbons (Fsp3) is 0.294. The maximum atomic E-state index is 13.5. The second-order valence-corrected chi connectivity index (χ2v) is 6.04. The minimum Gasteiger partial charge on any atom is -0.309 e. The molecule has 0 aromatic heterocycles. The maximum Gasteiger partial charge on any atom is 0.123 e. The molecule has 1 unspecified atom stereocenters. The van der Waals surface area contributed by atoms with Crippen LogP contribution in [-0.4, -0.2) is 7.05 Å². The van der Waals surface area contributed by atoms with Gasteiger partial charge in [-0.15, -0.1) is 0 Å². The van der Waals surface area contributed by atoms with E-state index in [9.17, 15) is 4.39 Å². The van der Waals surface area contributed by atoms with E-state index in [1.54, 1.807) is 12.1 Å². The van der Waals surface area contributed by atoms with Gasteiger partial charge in [0.15, 0.2) is 0 Å². The van der Waals surface area contributed by atoms with Crippen LogP contribution in [0.5, 0.6) is 0 Å². The number of halogens is 2. The molecule has 2 rings (SSSR count). The maximum absolute atomic E-state index is 13.5. The first-order valence-electron chi connectivity index (χ1n) is 6.64. The van der Waals surface area contributed by atoms with Crippen LogP contribution in [0.1, 0.15) is 33.9 Å². The quantitative estimate of drug-likeness (QED) is 0.847. The molecule has 1 nitrogen and oxygen atoms in total. The van der Waals surface area contributed by atoms with Crippen molar-refractivity contribution < 1.29 is 4.39 Å². The van der Waals surface area contributed by atoms with E-state index in [2.05, 4.69) is 46.4 Å². The second kappa shape index (κ2) is 6.06. The van der Waals surface area contributed by atoms with Gasteiger partial charge >= 0.3 is 0 Å². The molecule has 0 aliphatic carbocycles. The van der Waals surface area contributed by atoms with E-state index in [-0.39, 0.29) is 11.9 Å². The van der Waals surface area contributed by atoms with Gasteiger partial charge in [-0.1, -0.05) is 28.1 Å². The Morgan fingerprint density at radius 3 is 2.10 bits per heavy atom. The fourth-order valence-electron chi connectivity index (χ4n) is 2.64. The molecule has 20 heavy (non-hydrogen) atoms. The first-order valence-corrected chi connectivity index (χ1v) is 7.43. The summed E-state index contributed by atoms with van der Waals surface area (Å²) >= 11 is 3.58. The van der Waals surface area contributed by atoms with Crippen LogP contribution in [0.4, 0.5) is 4.39 Å². The Hall–Kier alpha value is -1.19. The highest BCUT2D eigenvalue weighted by atomic mass is 79.9. The van der Waals surface area contributed by atoms with Crippen molar-refractivity contribution in [2.45, 2.75) is 26.8 Å². The summed E-state index contributed by atoms with van der Waals surface area (Å²) in [6, 6.07) is 9.58. The van der Waals surface area contributed by atoms with Gasteiger partial charge in [-0.3, -0.25) is 0 Å². The standard InChI is InChI=1S/C17H19BrFN/c1-10-5-6-13(9-15(10)18)17(20-4)16-11(2)7-14(19)8-12(16)3/h5-9,17,20H,1-4H3. The Morgan fingerprint density at radius 1 is 1.00 bits per heavy atom. The van der Waals surface area contributed by atoms with Crippen LogP contribution in [0, 0.1) is 26.6 Å². The fourth-order valence-corrected chi connectivity index (χ4v) is 3.04. The summed E-state index contributed by atoms with van der Waals surface area (Å²) in [6.07, 6.45) is 0. The molecule has 0 amide bonds. The van der Waals surface area contributed by atoms with Gasteiger partial charge in [-0.05, 0) is 73.8 Å². The Bertz CT molecular complexity index is 614. The van der Waals surface area contributed by atoms with Gasteiger partial charge in [0.05, 0.1) is 6.04 Å². The molecule has 0 saturated carbocycles. The molecular formula is C17H19BrFN. The second-order valence-electron chi connectivity index (χ2n) is 5.18. The van der Waals surface area contributed by atoms with Crippen molar-refractivity contribution in [2.75, 3.05) is 7.05 Å². The zero-order valence-corrected chi connectivity index (χ0v) is 13.8. The molecule has 0 aliphatic heterocycles. The van der Waals surface area contributed by atoms with Crippen molar-refractivity contribution in [3.8, 4) is 0 Å². The molecule has 0 heterocycles. The van der Waals surface area contributed by atoms with Crippen LogP contribution in [0.2, 0.25) is 0 Å². The normalized spacial score (nSPS) is 12.5. The minimum atomic E-state index is -0.177. The lowest BCUT2D eigenvalue weighted by Crippen LogP contribution is -2.20. The lowest BCUT2D eigenvalue weighted by Gasteiger charge is -2.22. The van der Waals surface area contributed by atoms with Crippen molar-refractivity contribution in [2.24, 2.45) is 0 Å². The summed E-state index contributed by atoms with van der Waals surface area (Å²) < 4.78 is 14.6. The van der Waals surface area contributed by atoms with E-state index in [1.165, 1.54) is 11.1 Å². The van der Waals surface area contributed by atoms with E-state index in [0.717, 1.165) is 21.2 Å². The molecule has 0 bridgehead atoms. The third-order valence-corrected chi connectivity index (χ3v) is 4.52. The summed E-state index contributed by atoms with van der Waals surface area (Å²) in [6.45, 7) is 5.98. The zero-order chi connectivity index (χ0) is 14.9. The van der Waals surface area contributed by atoms with Crippen LogP contribution in [0.25, 0.3) is 0 Å². The molecule has 3 heteroatoms. The molecule has 2 aromatic carbocycles. The largest absolute Gasteiger partial charge is 0.309 e. The van der Waals surface area contributed by atoms with Crippen molar-refractivity contribution in [1.29, 1.82) is 0 Å². The third-order valence-electron chi connectivity index (χ3n) is 3.67. The van der Waals surface area contributed by atoms with Crippen molar-refractivity contribution >= 4 is 15.9 Å². The first-order chi connectivity index (χ1) is 9.43. The van der Waals surface area contributed by atoms with Gasteiger partial charge in [0.2, 0.25) is 0 Å². The molecule has 0 radical (unpaired) electrons. The Balaban J connectivity index is 2.55. The summed E-state index contributed by atoms with van der Waals surface area (Å²) in [5.41, 5.74) is 5.46. The van der Waals surface area contributed by atoms with Crippen LogP contribution in [0.15, 0.2) is 34.8 Å². The molecule has 1 atom stereocenters. The number of benzene rings is 2. The number of aryl methyl sites for hydroxylation is 3. The van der Waals surface area contributed by atoms with Crippen LogP contribution in [-0.2, 0) is 0 Å². The van der Waals surface area contributed by atoms with Crippen LogP contribution >= 0.6 is 15.9 Å². The lowest BCUT2D eigenvalue weighted by molar-refractivity contribution is 0.618. The number of hydrogen-bond acceptors (Lipinski definition) is 1. The summed E-state index contributed by atoms with van der Waals surface area (Å²) in [5, 5.41) is 3.34. The van der Waals surface area contributed by atoms with E-state index in [0.29, 0.717) is 0 Å². The molecule has 0 aliphatic rings. The van der Waals surface area contributed by atoms with Gasteiger partial charge in [0, 0.05) is 4.47 Å². The third kappa shape index (κ3) is 2.94. The number of hydrogen-bond donors (Lipinski definition) is 1. The van der Waals surface area contributed by atoms with E-state index < -0.39 is 0 Å². The molecule has 2 aromatic rings. The van der Waals surface area contributed by atoms with Gasteiger partial charge in [0.25, 0.3) is 0 Å². The summed E-state index contributed by atoms with van der Waals surface area (Å²) in [4.78, 5) is 0. The summed E-state index contributed by atoms with van der Waals surface area (Å²) in [5.74, 6) is -0.177. The van der Waals surface area contributed by atoms with Crippen molar-refractivity contribution in [3.63, 3.8) is 0 Å².